The molecule has 2 rings (SSSR count). The molecule has 0 aliphatic rings. The summed E-state index contributed by atoms with van der Waals surface area (Å²) in [5, 5.41) is 0. The van der Waals surface area contributed by atoms with E-state index in [1.54, 1.807) is 31.2 Å². The van der Waals surface area contributed by atoms with Gasteiger partial charge in [-0.05, 0) is 55.3 Å². The van der Waals surface area contributed by atoms with Crippen LogP contribution in [-0.4, -0.2) is 24.5 Å². The van der Waals surface area contributed by atoms with E-state index in [-0.39, 0.29) is 6.61 Å². The first-order chi connectivity index (χ1) is 12.5. The zero-order valence-corrected chi connectivity index (χ0v) is 16.2. The minimum Gasteiger partial charge on any atom is -0.484 e. The summed E-state index contributed by atoms with van der Waals surface area (Å²) in [6.45, 7) is 3.46. The minimum atomic E-state index is -0.754. The summed E-state index contributed by atoms with van der Waals surface area (Å²) in [5.41, 5.74) is 5.80. The summed E-state index contributed by atoms with van der Waals surface area (Å²) in [4.78, 5) is 23.7. The van der Waals surface area contributed by atoms with Crippen molar-refractivity contribution in [2.75, 3.05) is 6.61 Å². The zero-order chi connectivity index (χ0) is 18.9. The van der Waals surface area contributed by atoms with Crippen LogP contribution in [0.2, 0.25) is 0 Å². The van der Waals surface area contributed by atoms with Crippen molar-refractivity contribution in [3.63, 3.8) is 0 Å². The Morgan fingerprint density at radius 3 is 2.23 bits per heavy atom. The third-order valence-electron chi connectivity index (χ3n) is 3.52. The molecular weight excluding hydrogens is 400 g/mol. The van der Waals surface area contributed by atoms with E-state index in [2.05, 4.69) is 33.7 Å². The largest absolute Gasteiger partial charge is 0.484 e. The molecule has 0 saturated heterocycles. The molecule has 2 amide bonds. The summed E-state index contributed by atoms with van der Waals surface area (Å²) in [7, 11) is 0. The maximum Gasteiger partial charge on any atom is 0.279 e. The molecule has 1 atom stereocenters. The van der Waals surface area contributed by atoms with Crippen molar-refractivity contribution in [3.05, 3.63) is 58.6 Å². The number of benzene rings is 2. The third-order valence-corrected chi connectivity index (χ3v) is 4.05. The fraction of sp³-hybridized carbons (Fsp3) is 0.263. The number of carbonyl (C=O) groups is 2. The zero-order valence-electron chi connectivity index (χ0n) is 14.6. The second-order valence-electron chi connectivity index (χ2n) is 5.54. The molecule has 0 bridgehead atoms. The first kappa shape index (κ1) is 19.8. The summed E-state index contributed by atoms with van der Waals surface area (Å²) in [6, 6.07) is 14.6. The van der Waals surface area contributed by atoms with Crippen molar-refractivity contribution < 1.29 is 19.1 Å². The Morgan fingerprint density at radius 2 is 1.62 bits per heavy atom. The topological polar surface area (TPSA) is 76.7 Å². The molecule has 138 valence electrons. The molecule has 0 fully saturated rings. The first-order valence-electron chi connectivity index (χ1n) is 8.20. The van der Waals surface area contributed by atoms with Gasteiger partial charge in [0.15, 0.2) is 12.7 Å². The predicted octanol–water partition coefficient (Wildman–Crippen LogP) is 3.01. The second-order valence-corrected chi connectivity index (χ2v) is 6.45. The van der Waals surface area contributed by atoms with Crippen LogP contribution < -0.4 is 20.3 Å². The number of amides is 2. The van der Waals surface area contributed by atoms with Crippen LogP contribution in [0.25, 0.3) is 0 Å². The Hall–Kier alpha value is -2.54. The van der Waals surface area contributed by atoms with Crippen molar-refractivity contribution in [3.8, 4) is 11.5 Å². The van der Waals surface area contributed by atoms with Crippen molar-refractivity contribution in [2.45, 2.75) is 26.4 Å². The van der Waals surface area contributed by atoms with Gasteiger partial charge in [0, 0.05) is 4.47 Å². The molecule has 2 aromatic rings. The average molecular weight is 421 g/mol. The van der Waals surface area contributed by atoms with Gasteiger partial charge in [0.2, 0.25) is 0 Å². The van der Waals surface area contributed by atoms with Gasteiger partial charge in [-0.2, -0.15) is 0 Å². The van der Waals surface area contributed by atoms with Crippen LogP contribution in [0, 0.1) is 0 Å². The van der Waals surface area contributed by atoms with Crippen LogP contribution in [0.5, 0.6) is 11.5 Å². The highest BCUT2D eigenvalue weighted by molar-refractivity contribution is 9.10. The summed E-state index contributed by atoms with van der Waals surface area (Å²) >= 11 is 3.32. The van der Waals surface area contributed by atoms with E-state index in [1.165, 1.54) is 5.56 Å². The highest BCUT2D eigenvalue weighted by Gasteiger charge is 2.15. The van der Waals surface area contributed by atoms with Gasteiger partial charge in [0.25, 0.3) is 11.8 Å². The number of carbonyl (C=O) groups excluding carboxylic acids is 2. The number of nitrogens with one attached hydrogen (secondary N) is 2. The monoisotopic (exact) mass is 420 g/mol. The van der Waals surface area contributed by atoms with E-state index < -0.39 is 17.9 Å². The first-order valence-corrected chi connectivity index (χ1v) is 9.00. The highest BCUT2D eigenvalue weighted by atomic mass is 79.9. The summed E-state index contributed by atoms with van der Waals surface area (Å²) in [5.74, 6) is 0.221. The lowest BCUT2D eigenvalue weighted by Crippen LogP contribution is -2.48. The van der Waals surface area contributed by atoms with Crippen LogP contribution in [0.1, 0.15) is 19.4 Å². The van der Waals surface area contributed by atoms with E-state index in [4.69, 9.17) is 9.47 Å². The molecule has 26 heavy (non-hydrogen) atoms. The lowest BCUT2D eigenvalue weighted by Gasteiger charge is -2.15. The van der Waals surface area contributed by atoms with E-state index in [0.717, 1.165) is 10.9 Å². The average Bonchev–Trinajstić information content (AvgIpc) is 2.66. The van der Waals surface area contributed by atoms with E-state index in [0.29, 0.717) is 11.5 Å². The van der Waals surface area contributed by atoms with Crippen molar-refractivity contribution >= 4 is 27.7 Å². The molecule has 0 heterocycles. The molecule has 0 spiro atoms. The predicted molar refractivity (Wildman–Crippen MR) is 102 cm³/mol. The van der Waals surface area contributed by atoms with Gasteiger partial charge in [-0.25, -0.2) is 0 Å². The number of aryl methyl sites for hydroxylation is 1. The molecule has 0 saturated carbocycles. The van der Waals surface area contributed by atoms with Gasteiger partial charge in [0.1, 0.15) is 11.5 Å². The Kier molecular flexibility index (Phi) is 7.47. The quantitative estimate of drug-likeness (QED) is 0.674. The summed E-state index contributed by atoms with van der Waals surface area (Å²) in [6.07, 6.45) is 0.181. The minimum absolute atomic E-state index is 0.213. The van der Waals surface area contributed by atoms with Crippen LogP contribution in [0.15, 0.2) is 53.0 Å². The second kappa shape index (κ2) is 9.82. The van der Waals surface area contributed by atoms with E-state index in [9.17, 15) is 9.59 Å². The SMILES string of the molecule is CCc1ccc(OC(C)C(=O)NNC(=O)COc2ccc(Br)cc2)cc1. The van der Waals surface area contributed by atoms with E-state index >= 15 is 0 Å². The molecular formula is C19H21BrN2O4. The third kappa shape index (κ3) is 6.40. The normalized spacial score (nSPS) is 11.3. The lowest BCUT2D eigenvalue weighted by molar-refractivity contribution is -0.133. The number of hydrogen-bond acceptors (Lipinski definition) is 4. The number of rotatable bonds is 7. The van der Waals surface area contributed by atoms with Gasteiger partial charge in [-0.15, -0.1) is 0 Å². The van der Waals surface area contributed by atoms with Crippen LogP contribution in [0.4, 0.5) is 0 Å². The Morgan fingerprint density at radius 1 is 1.00 bits per heavy atom. The van der Waals surface area contributed by atoms with Gasteiger partial charge < -0.3 is 9.47 Å². The molecule has 2 N–H and O–H groups in total. The number of halogens is 1. The number of hydrogen-bond donors (Lipinski definition) is 2. The van der Waals surface area contributed by atoms with Crippen molar-refractivity contribution in [1.29, 1.82) is 0 Å². The van der Waals surface area contributed by atoms with Crippen molar-refractivity contribution in [2.24, 2.45) is 0 Å². The molecule has 0 aliphatic heterocycles. The fourth-order valence-corrected chi connectivity index (χ4v) is 2.27. The molecule has 0 aromatic heterocycles. The maximum absolute atomic E-state index is 12.0. The summed E-state index contributed by atoms with van der Waals surface area (Å²) < 4.78 is 11.8. The van der Waals surface area contributed by atoms with Crippen LogP contribution >= 0.6 is 15.9 Å². The Bertz CT molecular complexity index is 732. The van der Waals surface area contributed by atoms with Crippen molar-refractivity contribution in [1.82, 2.24) is 10.9 Å². The number of hydrazine groups is 1. The number of ether oxygens (including phenoxy) is 2. The molecule has 0 aliphatic carbocycles. The van der Waals surface area contributed by atoms with Gasteiger partial charge in [0.05, 0.1) is 0 Å². The molecule has 2 aromatic carbocycles. The Labute approximate surface area is 161 Å². The van der Waals surface area contributed by atoms with Gasteiger partial charge in [-0.1, -0.05) is 35.0 Å². The highest BCUT2D eigenvalue weighted by Crippen LogP contribution is 2.16. The lowest BCUT2D eigenvalue weighted by atomic mass is 10.2. The Balaban J connectivity index is 1.72. The van der Waals surface area contributed by atoms with Crippen LogP contribution in [-0.2, 0) is 16.0 Å². The molecule has 6 nitrogen and oxygen atoms in total. The smallest absolute Gasteiger partial charge is 0.279 e. The van der Waals surface area contributed by atoms with E-state index in [1.807, 2.05) is 24.3 Å². The molecule has 0 radical (unpaired) electrons. The fourth-order valence-electron chi connectivity index (χ4n) is 2.01. The van der Waals surface area contributed by atoms with Crippen LogP contribution in [0.3, 0.4) is 0 Å². The van der Waals surface area contributed by atoms with Gasteiger partial charge >= 0.3 is 0 Å². The molecule has 7 heteroatoms. The molecule has 1 unspecified atom stereocenters. The van der Waals surface area contributed by atoms with Gasteiger partial charge in [-0.3, -0.25) is 20.4 Å². The maximum atomic E-state index is 12.0. The standard InChI is InChI=1S/C19H21BrN2O4/c1-3-14-4-8-17(9-5-14)26-13(2)19(24)22-21-18(23)12-25-16-10-6-15(20)7-11-16/h4-11,13H,3,12H2,1-2H3,(H,21,23)(H,22,24).